The van der Waals surface area contributed by atoms with Crippen molar-refractivity contribution in [3.8, 4) is 0 Å². The summed E-state index contributed by atoms with van der Waals surface area (Å²) in [6.45, 7) is 2.14. The van der Waals surface area contributed by atoms with Crippen LogP contribution in [0.3, 0.4) is 0 Å². The average molecular weight is 166 g/mol. The Morgan fingerprint density at radius 1 is 1.50 bits per heavy atom. The van der Waals surface area contributed by atoms with Gasteiger partial charge in [-0.15, -0.1) is 0 Å². The summed E-state index contributed by atoms with van der Waals surface area (Å²) in [6, 6.07) is 0. The van der Waals surface area contributed by atoms with Crippen molar-refractivity contribution in [2.45, 2.75) is 44.8 Å². The fraction of sp³-hybridized carbons (Fsp3) is 0.900. The number of epoxide rings is 1. The van der Waals surface area contributed by atoms with Gasteiger partial charge in [0.25, 0.3) is 0 Å². The molecular weight excluding hydrogens is 152 g/mol. The van der Waals surface area contributed by atoms with Crippen molar-refractivity contribution in [1.29, 1.82) is 0 Å². The summed E-state index contributed by atoms with van der Waals surface area (Å²) in [5.74, 6) is 1.05. The Kier molecular flexibility index (Phi) is 1.13. The minimum atomic E-state index is -0.00231. The number of fused-ring (bicyclic) bond motifs is 3. The van der Waals surface area contributed by atoms with Crippen molar-refractivity contribution in [1.82, 2.24) is 0 Å². The Morgan fingerprint density at radius 3 is 3.17 bits per heavy atom. The zero-order valence-corrected chi connectivity index (χ0v) is 7.38. The summed E-state index contributed by atoms with van der Waals surface area (Å²) >= 11 is 0. The van der Waals surface area contributed by atoms with Crippen LogP contribution in [0.2, 0.25) is 0 Å². The van der Waals surface area contributed by atoms with Gasteiger partial charge in [-0.05, 0) is 19.3 Å². The highest BCUT2D eigenvalue weighted by atomic mass is 16.6. The highest BCUT2D eigenvalue weighted by Crippen LogP contribution is 2.56. The fourth-order valence-electron chi connectivity index (χ4n) is 3.13. The summed E-state index contributed by atoms with van der Waals surface area (Å²) in [6.07, 6.45) is 5.04. The van der Waals surface area contributed by atoms with Gasteiger partial charge in [-0.2, -0.15) is 0 Å². The molecule has 12 heavy (non-hydrogen) atoms. The number of carbonyl (C=O) groups is 1. The highest BCUT2D eigenvalue weighted by molar-refractivity contribution is 5.87. The molecule has 0 N–H and O–H groups in total. The molecule has 0 radical (unpaired) electrons. The molecule has 2 heteroatoms. The Hall–Kier alpha value is -0.370. The quantitative estimate of drug-likeness (QED) is 0.511. The predicted octanol–water partition coefficient (Wildman–Crippen LogP) is 1.53. The van der Waals surface area contributed by atoms with Crippen molar-refractivity contribution in [3.63, 3.8) is 0 Å². The first kappa shape index (κ1) is 7.07. The maximum atomic E-state index is 11.6. The molecule has 0 amide bonds. The smallest absolute Gasteiger partial charge is 0.139 e. The van der Waals surface area contributed by atoms with Crippen LogP contribution in [0.25, 0.3) is 0 Å². The topological polar surface area (TPSA) is 29.6 Å². The highest BCUT2D eigenvalue weighted by Gasteiger charge is 2.60. The molecule has 0 aromatic heterocycles. The normalized spacial score (nSPS) is 56.4. The summed E-state index contributed by atoms with van der Waals surface area (Å²) in [4.78, 5) is 11.6. The first-order valence-corrected chi connectivity index (χ1v) is 4.90. The number of Topliss-reactive ketones (excluding diaryl/α,β-unsaturated/α-hetero) is 1. The van der Waals surface area contributed by atoms with E-state index in [1.54, 1.807) is 0 Å². The van der Waals surface area contributed by atoms with E-state index in [0.29, 0.717) is 23.9 Å². The van der Waals surface area contributed by atoms with Gasteiger partial charge in [0.1, 0.15) is 5.78 Å². The Bertz CT molecular complexity index is 248. The fourth-order valence-corrected chi connectivity index (χ4v) is 3.13. The summed E-state index contributed by atoms with van der Waals surface area (Å²) in [5.41, 5.74) is -0.00231. The Labute approximate surface area is 72.3 Å². The van der Waals surface area contributed by atoms with Crippen LogP contribution in [0.4, 0.5) is 0 Å². The van der Waals surface area contributed by atoms with E-state index < -0.39 is 0 Å². The molecule has 0 bridgehead atoms. The third-order valence-electron chi connectivity index (χ3n) is 4.10. The van der Waals surface area contributed by atoms with Crippen LogP contribution in [0, 0.1) is 11.3 Å². The van der Waals surface area contributed by atoms with Crippen LogP contribution in [-0.2, 0) is 9.53 Å². The lowest BCUT2D eigenvalue weighted by atomic mass is 9.69. The van der Waals surface area contributed by atoms with Gasteiger partial charge in [0, 0.05) is 17.8 Å². The molecule has 3 rings (SSSR count). The minimum absolute atomic E-state index is 0.00231. The second-order valence-electron chi connectivity index (χ2n) is 4.66. The first-order chi connectivity index (χ1) is 5.72. The summed E-state index contributed by atoms with van der Waals surface area (Å²) in [7, 11) is 0. The zero-order valence-electron chi connectivity index (χ0n) is 7.38. The van der Waals surface area contributed by atoms with Crippen LogP contribution >= 0.6 is 0 Å². The molecule has 0 aromatic carbocycles. The van der Waals surface area contributed by atoms with E-state index in [2.05, 4.69) is 6.92 Å². The van der Waals surface area contributed by atoms with E-state index in [0.717, 1.165) is 25.7 Å². The van der Waals surface area contributed by atoms with Crippen LogP contribution in [0.5, 0.6) is 0 Å². The van der Waals surface area contributed by atoms with Gasteiger partial charge >= 0.3 is 0 Å². The van der Waals surface area contributed by atoms with E-state index in [9.17, 15) is 4.79 Å². The molecule has 0 aromatic rings. The summed E-state index contributed by atoms with van der Waals surface area (Å²) in [5, 5.41) is 0. The van der Waals surface area contributed by atoms with E-state index in [1.807, 2.05) is 0 Å². The molecule has 2 aliphatic carbocycles. The predicted molar refractivity (Wildman–Crippen MR) is 43.7 cm³/mol. The molecule has 1 saturated heterocycles. The van der Waals surface area contributed by atoms with Crippen molar-refractivity contribution in [2.75, 3.05) is 0 Å². The van der Waals surface area contributed by atoms with Crippen molar-refractivity contribution in [2.24, 2.45) is 11.3 Å². The molecule has 2 saturated carbocycles. The SMILES string of the molecule is CC12CCC3OC3C1CCC2=O. The van der Waals surface area contributed by atoms with Gasteiger partial charge < -0.3 is 4.74 Å². The van der Waals surface area contributed by atoms with E-state index in [1.165, 1.54) is 0 Å². The maximum Gasteiger partial charge on any atom is 0.139 e. The van der Waals surface area contributed by atoms with Crippen LogP contribution < -0.4 is 0 Å². The van der Waals surface area contributed by atoms with Gasteiger partial charge in [-0.3, -0.25) is 4.79 Å². The Balaban J connectivity index is 1.96. The minimum Gasteiger partial charge on any atom is -0.369 e. The molecule has 3 aliphatic rings. The van der Waals surface area contributed by atoms with Crippen molar-refractivity contribution < 1.29 is 9.53 Å². The molecule has 3 fully saturated rings. The lowest BCUT2D eigenvalue weighted by molar-refractivity contribution is -0.127. The van der Waals surface area contributed by atoms with Gasteiger partial charge in [-0.1, -0.05) is 6.92 Å². The van der Waals surface area contributed by atoms with E-state index in [-0.39, 0.29) is 5.41 Å². The van der Waals surface area contributed by atoms with Crippen LogP contribution in [-0.4, -0.2) is 18.0 Å². The van der Waals surface area contributed by atoms with Gasteiger partial charge in [0.15, 0.2) is 0 Å². The van der Waals surface area contributed by atoms with Gasteiger partial charge in [-0.25, -0.2) is 0 Å². The molecule has 4 unspecified atom stereocenters. The number of carbonyl (C=O) groups excluding carboxylic acids is 1. The summed E-state index contributed by atoms with van der Waals surface area (Å²) < 4.78 is 5.55. The largest absolute Gasteiger partial charge is 0.369 e. The second kappa shape index (κ2) is 1.92. The number of ketones is 1. The molecular formula is C10H14O2. The van der Waals surface area contributed by atoms with E-state index >= 15 is 0 Å². The second-order valence-corrected chi connectivity index (χ2v) is 4.66. The molecule has 2 nitrogen and oxygen atoms in total. The standard InChI is InChI=1S/C10H14O2/c1-10-5-4-7-9(12-7)6(10)2-3-8(10)11/h6-7,9H,2-5H2,1H3. The Morgan fingerprint density at radius 2 is 2.33 bits per heavy atom. The van der Waals surface area contributed by atoms with Crippen LogP contribution in [0.1, 0.15) is 32.6 Å². The molecule has 1 heterocycles. The van der Waals surface area contributed by atoms with Gasteiger partial charge in [0.05, 0.1) is 12.2 Å². The van der Waals surface area contributed by atoms with Crippen LogP contribution in [0.15, 0.2) is 0 Å². The maximum absolute atomic E-state index is 11.6. The molecule has 66 valence electrons. The van der Waals surface area contributed by atoms with Gasteiger partial charge in [0.2, 0.25) is 0 Å². The first-order valence-electron chi connectivity index (χ1n) is 4.90. The number of hydrogen-bond acceptors (Lipinski definition) is 2. The lowest BCUT2D eigenvalue weighted by Crippen LogP contribution is -2.36. The molecule has 4 atom stereocenters. The van der Waals surface area contributed by atoms with Crippen molar-refractivity contribution >= 4 is 5.78 Å². The number of ether oxygens (including phenoxy) is 1. The zero-order chi connectivity index (χ0) is 8.34. The number of rotatable bonds is 0. The third kappa shape index (κ3) is 0.674. The molecule has 0 spiro atoms. The lowest BCUT2D eigenvalue weighted by Gasteiger charge is -2.31. The number of hydrogen-bond donors (Lipinski definition) is 0. The van der Waals surface area contributed by atoms with Crippen molar-refractivity contribution in [3.05, 3.63) is 0 Å². The van der Waals surface area contributed by atoms with E-state index in [4.69, 9.17) is 4.74 Å². The molecule has 1 aliphatic heterocycles. The monoisotopic (exact) mass is 166 g/mol. The average Bonchev–Trinajstić information content (AvgIpc) is 2.76. The third-order valence-corrected chi connectivity index (χ3v) is 4.10.